The molecule has 0 amide bonds. The number of carboxylic acid groups (broad SMARTS) is 5. The van der Waals surface area contributed by atoms with Gasteiger partial charge in [0.1, 0.15) is 0 Å². The zero-order chi connectivity index (χ0) is 42.5. The highest BCUT2D eigenvalue weighted by atomic mass is 16.7. The number of aliphatic hydroxyl groups is 8. The van der Waals surface area contributed by atoms with Crippen LogP contribution in [0.25, 0.3) is 0 Å². The zero-order valence-corrected chi connectivity index (χ0v) is 27.4. The van der Waals surface area contributed by atoms with Gasteiger partial charge >= 0.3 is 35.8 Å². The van der Waals surface area contributed by atoms with Gasteiger partial charge in [0, 0.05) is 41.6 Å². The Labute approximate surface area is 291 Å². The van der Waals surface area contributed by atoms with Gasteiger partial charge in [-0.2, -0.15) is 0 Å². The zero-order valence-electron chi connectivity index (χ0n) is 27.4. The highest BCUT2D eigenvalue weighted by molar-refractivity contribution is 5.81. The molecule has 0 fully saturated rings. The van der Waals surface area contributed by atoms with E-state index in [1.165, 1.54) is 0 Å². The van der Waals surface area contributed by atoms with Crippen LogP contribution in [0, 0.1) is 10.8 Å². The molecule has 0 saturated heterocycles. The summed E-state index contributed by atoms with van der Waals surface area (Å²) in [5.41, 5.74) is -2.22. The van der Waals surface area contributed by atoms with Crippen molar-refractivity contribution in [2.45, 2.75) is 0 Å². The van der Waals surface area contributed by atoms with Crippen molar-refractivity contribution in [3.63, 3.8) is 0 Å². The topological polar surface area (TPSA) is 404 Å². The molecule has 0 aromatic carbocycles. The number of hydrogen-bond acceptors (Lipinski definition) is 17. The standard InChI is InChI=1S/2C5H12O4.C4H3NO3.5C3H4O2/c2*6-1-5(2-7,3-8)4-9;1-2-4(7)8-5-3-6;5*1-2-3(4)5/h2*6-9H,1-4H2;2H,1H2;5*2H,1H2,(H,4,5). The Bertz CT molecular complexity index is 897. The van der Waals surface area contributed by atoms with Crippen molar-refractivity contribution in [2.75, 3.05) is 52.9 Å². The minimum atomic E-state index is -1.11. The van der Waals surface area contributed by atoms with E-state index in [2.05, 4.69) is 49.5 Å². The van der Waals surface area contributed by atoms with Gasteiger partial charge in [0.2, 0.25) is 0 Å². The van der Waals surface area contributed by atoms with Crippen LogP contribution in [0.1, 0.15) is 0 Å². The van der Waals surface area contributed by atoms with Crippen molar-refractivity contribution in [3.8, 4) is 0 Å². The molecule has 0 aromatic rings. The van der Waals surface area contributed by atoms with E-state index >= 15 is 0 Å². The molecule has 0 aromatic heterocycles. The molecule has 22 heteroatoms. The van der Waals surface area contributed by atoms with Crippen LogP contribution in [0.4, 0.5) is 0 Å². The van der Waals surface area contributed by atoms with Crippen molar-refractivity contribution >= 4 is 41.9 Å². The van der Waals surface area contributed by atoms with E-state index in [-0.39, 0.29) is 0 Å². The predicted molar refractivity (Wildman–Crippen MR) is 175 cm³/mol. The van der Waals surface area contributed by atoms with Gasteiger partial charge in [0.25, 0.3) is 6.08 Å². The first kappa shape index (κ1) is 63.9. The molecule has 0 aliphatic rings. The predicted octanol–water partition coefficient (Wildman–Crippen LogP) is -2.86. The lowest BCUT2D eigenvalue weighted by Gasteiger charge is -2.23. The SMILES string of the molecule is C=CC(=O)O.C=CC(=O)O.C=CC(=O)O.C=CC(=O)O.C=CC(=O)O.C=CC(=O)ON=C=O.OCC(CO)(CO)CO.OCC(CO)(CO)CO. The molecule has 0 unspecified atom stereocenters. The number of carbonyl (C=O) groups excluding carboxylic acids is 2. The summed E-state index contributed by atoms with van der Waals surface area (Å²) in [5, 5.41) is 109. The second-order valence-electron chi connectivity index (χ2n) is 7.77. The monoisotopic (exact) mass is 745 g/mol. The highest BCUT2D eigenvalue weighted by Crippen LogP contribution is 2.12. The maximum absolute atomic E-state index is 9.96. The lowest BCUT2D eigenvalue weighted by molar-refractivity contribution is -0.138. The number of aliphatic carboxylic acids is 5. The Morgan fingerprint density at radius 1 is 0.451 bits per heavy atom. The normalized spacial score (nSPS) is 8.39. The molecule has 0 atom stereocenters. The summed E-state index contributed by atoms with van der Waals surface area (Å²) in [5.74, 6) is -5.68. The van der Waals surface area contributed by atoms with Gasteiger partial charge in [-0.15, -0.1) is 0 Å². The third kappa shape index (κ3) is 67.4. The molecule has 0 saturated carbocycles. The van der Waals surface area contributed by atoms with Crippen molar-refractivity contribution < 1.29 is 105 Å². The van der Waals surface area contributed by atoms with Crippen LogP contribution in [0.15, 0.2) is 81.1 Å². The van der Waals surface area contributed by atoms with E-state index < -0.39 is 99.5 Å². The van der Waals surface area contributed by atoms with Gasteiger partial charge in [0.15, 0.2) is 0 Å². The molecule has 294 valence electrons. The first-order chi connectivity index (χ1) is 23.6. The Morgan fingerprint density at radius 2 is 0.608 bits per heavy atom. The fourth-order valence-corrected chi connectivity index (χ4v) is 0.701. The molecule has 0 aliphatic carbocycles. The lowest BCUT2D eigenvalue weighted by Crippen LogP contribution is -2.37. The quantitative estimate of drug-likeness (QED) is 0.0263. The van der Waals surface area contributed by atoms with E-state index in [9.17, 15) is 33.6 Å². The molecule has 51 heavy (non-hydrogen) atoms. The number of carbonyl (C=O) groups is 6. The molecule has 0 aliphatic heterocycles. The highest BCUT2D eigenvalue weighted by Gasteiger charge is 2.27. The molecule has 0 spiro atoms. The molecule has 13 N–H and O–H groups in total. The van der Waals surface area contributed by atoms with Crippen molar-refractivity contribution in [3.05, 3.63) is 75.9 Å². The number of carboxylic acids is 5. The van der Waals surface area contributed by atoms with Crippen LogP contribution in [0.3, 0.4) is 0 Å². The van der Waals surface area contributed by atoms with E-state index in [4.69, 9.17) is 66.4 Å². The molecule has 22 nitrogen and oxygen atoms in total. The molecule has 0 radical (unpaired) electrons. The Kier molecular flexibility index (Phi) is 61.1. The Morgan fingerprint density at radius 3 is 0.667 bits per heavy atom. The van der Waals surface area contributed by atoms with Gasteiger partial charge in [-0.3, -0.25) is 0 Å². The molecule has 0 rings (SSSR count). The van der Waals surface area contributed by atoms with E-state index in [0.29, 0.717) is 0 Å². The fourth-order valence-electron chi connectivity index (χ4n) is 0.701. The number of nitrogens with zero attached hydrogens (tertiary/aromatic N) is 1. The summed E-state index contributed by atoms with van der Waals surface area (Å²) in [6.45, 7) is 14.6. The van der Waals surface area contributed by atoms with Crippen LogP contribution in [-0.2, 0) is 38.4 Å². The van der Waals surface area contributed by atoms with Gasteiger partial charge in [-0.25, -0.2) is 33.6 Å². The minimum absolute atomic E-state index is 0.406. The summed E-state index contributed by atoms with van der Waals surface area (Å²) < 4.78 is 0. The molecule has 0 bridgehead atoms. The van der Waals surface area contributed by atoms with Crippen molar-refractivity contribution in [1.82, 2.24) is 0 Å². The van der Waals surface area contributed by atoms with Gasteiger partial charge in [-0.1, -0.05) is 39.5 Å². The number of isocyanates is 1. The summed E-state index contributed by atoms with van der Waals surface area (Å²) in [6, 6.07) is 0. The average Bonchev–Trinajstić information content (AvgIpc) is 3.14. The summed E-state index contributed by atoms with van der Waals surface area (Å²) in [6.07, 6.45) is 6.07. The van der Waals surface area contributed by atoms with Crippen LogP contribution in [-0.4, -0.2) is 161 Å². The second kappa shape index (κ2) is 48.7. The van der Waals surface area contributed by atoms with E-state index in [1.807, 2.05) is 0 Å². The third-order valence-corrected chi connectivity index (χ3v) is 3.90. The molecular formula is C29H47NO21. The number of rotatable bonds is 15. The van der Waals surface area contributed by atoms with Gasteiger partial charge in [0.05, 0.1) is 63.7 Å². The summed E-state index contributed by atoms with van der Waals surface area (Å²) >= 11 is 0. The largest absolute Gasteiger partial charge is 0.478 e. The van der Waals surface area contributed by atoms with Crippen molar-refractivity contribution in [2.24, 2.45) is 16.0 Å². The maximum atomic E-state index is 9.96. The first-order valence-electron chi connectivity index (χ1n) is 12.7. The smallest absolute Gasteiger partial charge is 0.359 e. The molecule has 0 heterocycles. The summed E-state index contributed by atoms with van der Waals surface area (Å²) in [7, 11) is 0. The van der Waals surface area contributed by atoms with Gasteiger partial charge < -0.3 is 71.2 Å². The number of hydrogen-bond donors (Lipinski definition) is 13. The third-order valence-electron chi connectivity index (χ3n) is 3.90. The maximum Gasteiger partial charge on any atom is 0.359 e. The van der Waals surface area contributed by atoms with E-state index in [0.717, 1.165) is 42.5 Å². The van der Waals surface area contributed by atoms with Crippen LogP contribution in [0.5, 0.6) is 0 Å². The summed E-state index contributed by atoms with van der Waals surface area (Å²) in [4.78, 5) is 69.2. The second-order valence-corrected chi connectivity index (χ2v) is 7.77. The van der Waals surface area contributed by atoms with E-state index in [1.54, 1.807) is 0 Å². The van der Waals surface area contributed by atoms with Gasteiger partial charge in [-0.05, 0) is 0 Å². The Hall–Kier alpha value is -5.68. The lowest BCUT2D eigenvalue weighted by atomic mass is 9.93. The number of aliphatic hydroxyl groups excluding tert-OH is 8. The average molecular weight is 746 g/mol. The van der Waals surface area contributed by atoms with Crippen LogP contribution in [0.2, 0.25) is 0 Å². The van der Waals surface area contributed by atoms with Crippen LogP contribution >= 0.6 is 0 Å². The minimum Gasteiger partial charge on any atom is -0.478 e. The van der Waals surface area contributed by atoms with Crippen LogP contribution < -0.4 is 0 Å². The van der Waals surface area contributed by atoms with Crippen molar-refractivity contribution in [1.29, 1.82) is 0 Å². The molecular weight excluding hydrogens is 698 g/mol. The Balaban J connectivity index is -0.0000000701. The first-order valence-corrected chi connectivity index (χ1v) is 12.7. The fraction of sp³-hybridized carbons (Fsp3) is 0.345.